The maximum atomic E-state index is 6.20. The molecule has 0 spiro atoms. The molecule has 0 unspecified atom stereocenters. The molecule has 2 aromatic rings. The second-order valence-electron chi connectivity index (χ2n) is 5.93. The number of aromatic nitrogens is 3. The van der Waals surface area contributed by atoms with Crippen LogP contribution in [0.15, 0.2) is 18.5 Å². The average molecular weight is 324 g/mol. The van der Waals surface area contributed by atoms with Crippen LogP contribution in [0.5, 0.6) is 0 Å². The lowest BCUT2D eigenvalue weighted by molar-refractivity contribution is -0.0216. The van der Waals surface area contributed by atoms with Gasteiger partial charge in [0.1, 0.15) is 17.9 Å². The van der Waals surface area contributed by atoms with Gasteiger partial charge in [-0.25, -0.2) is 9.50 Å². The van der Waals surface area contributed by atoms with Crippen LogP contribution in [0.4, 0.5) is 0 Å². The maximum Gasteiger partial charge on any atom is 0.156 e. The van der Waals surface area contributed by atoms with Crippen LogP contribution < -0.4 is 0 Å². The summed E-state index contributed by atoms with van der Waals surface area (Å²) in [6.45, 7) is 5.85. The van der Waals surface area contributed by atoms with Crippen LogP contribution in [0.1, 0.15) is 44.9 Å². The lowest BCUT2D eigenvalue weighted by Gasteiger charge is -2.15. The van der Waals surface area contributed by atoms with Crippen molar-refractivity contribution in [3.8, 4) is 0 Å². The Hall–Kier alpha value is -1.17. The van der Waals surface area contributed by atoms with Crippen molar-refractivity contribution in [3.05, 3.63) is 29.3 Å². The van der Waals surface area contributed by atoms with Crippen molar-refractivity contribution in [1.29, 1.82) is 0 Å². The third kappa shape index (κ3) is 3.12. The predicted octanol–water partition coefficient (Wildman–Crippen LogP) is 3.67. The molecule has 0 bridgehead atoms. The van der Waals surface area contributed by atoms with Gasteiger partial charge in [0.05, 0.1) is 18.4 Å². The first-order valence-corrected chi connectivity index (χ1v) is 8.29. The van der Waals surface area contributed by atoms with Crippen molar-refractivity contribution in [2.45, 2.75) is 45.3 Å². The number of halogens is 1. The molecular weight excluding hydrogens is 302 g/mol. The molecule has 1 aliphatic heterocycles. The SMILES string of the molecule is CCCCOC[C@@H]1C[C@H](C)[C@H](c2ccc3c(Cl)ncnn23)O1. The molecule has 0 N–H and O–H groups in total. The minimum Gasteiger partial charge on any atom is -0.379 e. The summed E-state index contributed by atoms with van der Waals surface area (Å²) < 4.78 is 13.7. The van der Waals surface area contributed by atoms with Gasteiger partial charge in [0.2, 0.25) is 0 Å². The molecule has 3 rings (SSSR count). The van der Waals surface area contributed by atoms with Crippen LogP contribution in [-0.4, -0.2) is 33.9 Å². The van der Waals surface area contributed by atoms with Gasteiger partial charge in [-0.05, 0) is 30.9 Å². The molecule has 22 heavy (non-hydrogen) atoms. The molecule has 0 aromatic carbocycles. The highest BCUT2D eigenvalue weighted by Gasteiger charge is 2.35. The largest absolute Gasteiger partial charge is 0.379 e. The number of nitrogens with zero attached hydrogens (tertiary/aromatic N) is 3. The number of hydrogen-bond donors (Lipinski definition) is 0. The summed E-state index contributed by atoms with van der Waals surface area (Å²) in [6, 6.07) is 3.97. The van der Waals surface area contributed by atoms with E-state index < -0.39 is 0 Å². The standard InChI is InChI=1S/C16H22ClN3O2/c1-3-4-7-21-9-12-8-11(2)15(22-12)13-5-6-14-16(17)18-10-19-20(13)14/h5-6,10-12,15H,3-4,7-9H2,1-2H3/t11-,12-,15+/m0/s1. The first-order valence-electron chi connectivity index (χ1n) is 7.92. The van der Waals surface area contributed by atoms with Gasteiger partial charge in [-0.2, -0.15) is 5.10 Å². The molecule has 0 amide bonds. The van der Waals surface area contributed by atoms with Gasteiger partial charge >= 0.3 is 0 Å². The van der Waals surface area contributed by atoms with Crippen molar-refractivity contribution in [3.63, 3.8) is 0 Å². The third-order valence-electron chi connectivity index (χ3n) is 4.16. The number of ether oxygens (including phenoxy) is 2. The fourth-order valence-electron chi connectivity index (χ4n) is 3.00. The molecule has 0 radical (unpaired) electrons. The molecular formula is C16H22ClN3O2. The van der Waals surface area contributed by atoms with Crippen LogP contribution in [0.25, 0.3) is 5.52 Å². The Balaban J connectivity index is 1.70. The Morgan fingerprint density at radius 3 is 3.14 bits per heavy atom. The van der Waals surface area contributed by atoms with Gasteiger partial charge in [-0.3, -0.25) is 0 Å². The van der Waals surface area contributed by atoms with E-state index in [0.717, 1.165) is 37.1 Å². The Morgan fingerprint density at radius 1 is 1.45 bits per heavy atom. The molecule has 2 aromatic heterocycles. The summed E-state index contributed by atoms with van der Waals surface area (Å²) in [4.78, 5) is 4.01. The van der Waals surface area contributed by atoms with Crippen LogP contribution >= 0.6 is 11.6 Å². The highest BCUT2D eigenvalue weighted by molar-refractivity contribution is 6.32. The summed E-state index contributed by atoms with van der Waals surface area (Å²) >= 11 is 6.11. The van der Waals surface area contributed by atoms with E-state index in [9.17, 15) is 0 Å². The zero-order valence-electron chi connectivity index (χ0n) is 13.0. The molecule has 0 saturated carbocycles. The smallest absolute Gasteiger partial charge is 0.156 e. The molecule has 5 nitrogen and oxygen atoms in total. The Morgan fingerprint density at radius 2 is 2.32 bits per heavy atom. The highest BCUT2D eigenvalue weighted by Crippen LogP contribution is 2.38. The Labute approximate surface area is 135 Å². The Kier molecular flexibility index (Phi) is 4.96. The van der Waals surface area contributed by atoms with Gasteiger partial charge in [-0.15, -0.1) is 0 Å². The lowest BCUT2D eigenvalue weighted by Crippen LogP contribution is -2.16. The van der Waals surface area contributed by atoms with Gasteiger partial charge in [0.15, 0.2) is 5.15 Å². The zero-order chi connectivity index (χ0) is 15.5. The van der Waals surface area contributed by atoms with Crippen molar-refractivity contribution in [1.82, 2.24) is 14.6 Å². The molecule has 1 aliphatic rings. The van der Waals surface area contributed by atoms with Crippen molar-refractivity contribution < 1.29 is 9.47 Å². The van der Waals surface area contributed by atoms with E-state index in [-0.39, 0.29) is 12.2 Å². The minimum absolute atomic E-state index is 0.0215. The van der Waals surface area contributed by atoms with Gasteiger partial charge in [-0.1, -0.05) is 31.9 Å². The second kappa shape index (κ2) is 6.94. The van der Waals surface area contributed by atoms with Crippen LogP contribution in [0.3, 0.4) is 0 Å². The normalized spacial score (nSPS) is 25.1. The maximum absolute atomic E-state index is 6.20. The molecule has 1 fully saturated rings. The number of hydrogen-bond acceptors (Lipinski definition) is 4. The first-order chi connectivity index (χ1) is 10.7. The monoisotopic (exact) mass is 323 g/mol. The quantitative estimate of drug-likeness (QED) is 0.761. The van der Waals surface area contributed by atoms with Crippen LogP contribution in [-0.2, 0) is 9.47 Å². The van der Waals surface area contributed by atoms with E-state index >= 15 is 0 Å². The summed E-state index contributed by atoms with van der Waals surface area (Å²) in [5.41, 5.74) is 1.85. The molecule has 6 heteroatoms. The number of fused-ring (bicyclic) bond motifs is 1. The fourth-order valence-corrected chi connectivity index (χ4v) is 3.19. The summed E-state index contributed by atoms with van der Waals surface area (Å²) in [7, 11) is 0. The summed E-state index contributed by atoms with van der Waals surface area (Å²) in [6.07, 6.45) is 4.91. The minimum atomic E-state index is 0.0215. The summed E-state index contributed by atoms with van der Waals surface area (Å²) in [5, 5.41) is 4.77. The average Bonchev–Trinajstić information content (AvgIpc) is 3.08. The van der Waals surface area contributed by atoms with E-state index in [2.05, 4.69) is 23.9 Å². The zero-order valence-corrected chi connectivity index (χ0v) is 13.8. The summed E-state index contributed by atoms with van der Waals surface area (Å²) in [5.74, 6) is 0.423. The van der Waals surface area contributed by atoms with Gasteiger partial charge in [0, 0.05) is 6.61 Å². The number of rotatable bonds is 6. The van der Waals surface area contributed by atoms with Crippen molar-refractivity contribution in [2.75, 3.05) is 13.2 Å². The van der Waals surface area contributed by atoms with E-state index in [0.29, 0.717) is 17.7 Å². The van der Waals surface area contributed by atoms with Crippen LogP contribution in [0, 0.1) is 5.92 Å². The fraction of sp³-hybridized carbons (Fsp3) is 0.625. The molecule has 120 valence electrons. The van der Waals surface area contributed by atoms with E-state index in [1.807, 2.05) is 16.6 Å². The lowest BCUT2D eigenvalue weighted by atomic mass is 10.00. The van der Waals surface area contributed by atoms with Crippen molar-refractivity contribution >= 4 is 17.1 Å². The second-order valence-corrected chi connectivity index (χ2v) is 6.28. The van der Waals surface area contributed by atoms with E-state index in [1.54, 1.807) is 0 Å². The number of unbranched alkanes of at least 4 members (excludes halogenated alkanes) is 1. The van der Waals surface area contributed by atoms with Gasteiger partial charge in [0.25, 0.3) is 0 Å². The molecule has 3 atom stereocenters. The predicted molar refractivity (Wildman–Crippen MR) is 85.1 cm³/mol. The molecule has 3 heterocycles. The van der Waals surface area contributed by atoms with E-state index in [4.69, 9.17) is 21.1 Å². The first kappa shape index (κ1) is 15.7. The highest BCUT2D eigenvalue weighted by atomic mass is 35.5. The third-order valence-corrected chi connectivity index (χ3v) is 4.45. The molecule has 0 aliphatic carbocycles. The van der Waals surface area contributed by atoms with Gasteiger partial charge < -0.3 is 9.47 Å². The van der Waals surface area contributed by atoms with Crippen molar-refractivity contribution in [2.24, 2.45) is 5.92 Å². The Bertz CT molecular complexity index is 631. The molecule has 1 saturated heterocycles. The van der Waals surface area contributed by atoms with E-state index in [1.165, 1.54) is 6.33 Å². The van der Waals surface area contributed by atoms with Crippen LogP contribution in [0.2, 0.25) is 5.15 Å². The topological polar surface area (TPSA) is 48.7 Å².